The number of hydrogen-bond donors (Lipinski definition) is 1. The summed E-state index contributed by atoms with van der Waals surface area (Å²) in [6, 6.07) is 0. The van der Waals surface area contributed by atoms with Crippen LogP contribution in [0.5, 0.6) is 0 Å². The Kier molecular flexibility index (Phi) is 6.25. The van der Waals surface area contributed by atoms with E-state index >= 15 is 0 Å². The van der Waals surface area contributed by atoms with Crippen LogP contribution in [0.2, 0.25) is 0 Å². The molecule has 0 fully saturated rings. The van der Waals surface area contributed by atoms with Crippen LogP contribution in [-0.4, -0.2) is 36.8 Å². The van der Waals surface area contributed by atoms with Crippen LogP contribution in [0.4, 0.5) is 4.39 Å². The van der Waals surface area contributed by atoms with Crippen LogP contribution in [0.15, 0.2) is 0 Å². The minimum absolute atomic E-state index is 0. The van der Waals surface area contributed by atoms with Gasteiger partial charge in [0.2, 0.25) is 0 Å². The first-order valence-electron chi connectivity index (χ1n) is 4.92. The maximum absolute atomic E-state index is 13.4. The highest BCUT2D eigenvalue weighted by Crippen LogP contribution is 1.87. The predicted octanol–water partition coefficient (Wildman–Crippen LogP) is -2.95. The van der Waals surface area contributed by atoms with E-state index in [2.05, 4.69) is 13.8 Å². The van der Waals surface area contributed by atoms with Gasteiger partial charge in [-0.15, -0.1) is 4.58 Å². The lowest BCUT2D eigenvalue weighted by Crippen LogP contribution is -3.12. The Balaban J connectivity index is 0.00000144. The zero-order chi connectivity index (χ0) is 8.97. The maximum atomic E-state index is 13.4. The smallest absolute Gasteiger partial charge is 0.535 e. The molecule has 1 heterocycles. The Morgan fingerprint density at radius 2 is 2.08 bits per heavy atom. The van der Waals surface area contributed by atoms with Gasteiger partial charge in [-0.05, 0) is 6.42 Å². The van der Waals surface area contributed by atoms with Gasteiger partial charge in [-0.25, -0.2) is 4.90 Å². The number of hydrogen-bond acceptors (Lipinski definition) is 0. The van der Waals surface area contributed by atoms with Crippen molar-refractivity contribution in [3.05, 3.63) is 0 Å². The van der Waals surface area contributed by atoms with Crippen molar-refractivity contribution in [3.8, 4) is 0 Å². The molecule has 1 aliphatic heterocycles. The average Bonchev–Trinajstić information content (AvgIpc) is 2.38. The fourth-order valence-electron chi connectivity index (χ4n) is 1.70. The molecule has 1 N–H and O–H groups in total. The molecule has 1 atom stereocenters. The van der Waals surface area contributed by atoms with Crippen molar-refractivity contribution in [1.29, 1.82) is 0 Å². The summed E-state index contributed by atoms with van der Waals surface area (Å²) in [5.41, 5.74) is 0. The molecule has 0 aromatic heterocycles. The normalized spacial score (nSPS) is 21.9. The fraction of sp³-hybridized carbons (Fsp3) is 0.889. The van der Waals surface area contributed by atoms with Gasteiger partial charge in [0.25, 0.3) is 0 Å². The highest BCUT2D eigenvalue weighted by molar-refractivity contribution is 5.56. The average molecular weight is 210 g/mol. The Hall–Kier alpha value is -0.150. The lowest BCUT2D eigenvalue weighted by molar-refractivity contribution is -0.809. The van der Waals surface area contributed by atoms with Crippen LogP contribution in [0, 0.1) is 0 Å². The van der Waals surface area contributed by atoms with Crippen molar-refractivity contribution < 1.29 is 26.3 Å². The summed E-state index contributed by atoms with van der Waals surface area (Å²) in [6.07, 6.45) is 2.16. The van der Waals surface area contributed by atoms with Crippen LogP contribution < -0.4 is 17.3 Å². The molecule has 0 bridgehead atoms. The molecule has 0 aromatic rings. The van der Waals surface area contributed by atoms with Crippen LogP contribution in [0.1, 0.15) is 26.7 Å². The third-order valence-corrected chi connectivity index (χ3v) is 2.30. The minimum atomic E-state index is 0. The SMILES string of the molecule is CCC[N+]1=C(F)[NH+](CCC)CC1.[Cl-]. The molecule has 0 aromatic carbocycles. The molecule has 0 radical (unpaired) electrons. The van der Waals surface area contributed by atoms with E-state index < -0.39 is 0 Å². The van der Waals surface area contributed by atoms with E-state index in [1.807, 2.05) is 4.58 Å². The van der Waals surface area contributed by atoms with E-state index in [1.54, 1.807) is 0 Å². The second kappa shape index (κ2) is 6.33. The van der Waals surface area contributed by atoms with Crippen molar-refractivity contribution >= 4 is 6.09 Å². The van der Waals surface area contributed by atoms with Gasteiger partial charge in [-0.2, -0.15) is 0 Å². The van der Waals surface area contributed by atoms with Crippen molar-refractivity contribution in [1.82, 2.24) is 0 Å². The molecule has 2 nitrogen and oxygen atoms in total. The molecule has 13 heavy (non-hydrogen) atoms. The van der Waals surface area contributed by atoms with E-state index in [-0.39, 0.29) is 18.5 Å². The summed E-state index contributed by atoms with van der Waals surface area (Å²) in [4.78, 5) is 1.03. The van der Waals surface area contributed by atoms with E-state index in [4.69, 9.17) is 0 Å². The van der Waals surface area contributed by atoms with Gasteiger partial charge in [-0.1, -0.05) is 18.2 Å². The zero-order valence-electron chi connectivity index (χ0n) is 8.45. The number of nitrogens with zero attached hydrogens (tertiary/aromatic N) is 1. The second-order valence-corrected chi connectivity index (χ2v) is 3.38. The first-order chi connectivity index (χ1) is 5.79. The maximum Gasteiger partial charge on any atom is 0.535 e. The monoisotopic (exact) mass is 209 g/mol. The van der Waals surface area contributed by atoms with Crippen LogP contribution in [0.3, 0.4) is 0 Å². The lowest BCUT2D eigenvalue weighted by Gasteiger charge is -2.01. The molecule has 0 saturated heterocycles. The third-order valence-electron chi connectivity index (χ3n) is 2.30. The Morgan fingerprint density at radius 3 is 2.62 bits per heavy atom. The van der Waals surface area contributed by atoms with Gasteiger partial charge >= 0.3 is 6.09 Å². The Bertz CT molecular complexity index is 182. The summed E-state index contributed by atoms with van der Waals surface area (Å²) in [5, 5.41) is 0. The highest BCUT2D eigenvalue weighted by atomic mass is 35.5. The van der Waals surface area contributed by atoms with Gasteiger partial charge in [0.1, 0.15) is 6.54 Å². The Labute approximate surface area is 85.8 Å². The molecule has 78 valence electrons. The van der Waals surface area contributed by atoms with Crippen LogP contribution in [0.25, 0.3) is 0 Å². The number of halogens is 2. The summed E-state index contributed by atoms with van der Waals surface area (Å²) in [7, 11) is 0. The van der Waals surface area contributed by atoms with E-state index in [0.717, 1.165) is 43.9 Å². The standard InChI is InChI=1S/C9H18FN2.ClH/c1-3-5-11-7-8-12(6-4-2)9(11)10;/h3-8H2,1-2H3;1H/q+1;. The summed E-state index contributed by atoms with van der Waals surface area (Å²) in [6.45, 7) is 7.84. The second-order valence-electron chi connectivity index (χ2n) is 3.38. The van der Waals surface area contributed by atoms with Crippen molar-refractivity contribution in [2.45, 2.75) is 26.7 Å². The van der Waals surface area contributed by atoms with Crippen molar-refractivity contribution in [2.24, 2.45) is 0 Å². The quantitative estimate of drug-likeness (QED) is 0.374. The molecular formula is C9H19ClFN2+. The van der Waals surface area contributed by atoms with Gasteiger partial charge in [0.15, 0.2) is 13.1 Å². The molecule has 4 heteroatoms. The third kappa shape index (κ3) is 3.24. The van der Waals surface area contributed by atoms with Crippen LogP contribution >= 0.6 is 0 Å². The molecule has 1 rings (SSSR count). The number of amidine groups is 1. The summed E-state index contributed by atoms with van der Waals surface area (Å²) in [5.74, 6) is 0. The highest BCUT2D eigenvalue weighted by Gasteiger charge is 2.34. The number of quaternary nitrogens is 1. The van der Waals surface area contributed by atoms with E-state index in [0.29, 0.717) is 0 Å². The zero-order valence-corrected chi connectivity index (χ0v) is 9.20. The van der Waals surface area contributed by atoms with Gasteiger partial charge in [-0.3, -0.25) is 0 Å². The molecule has 0 saturated carbocycles. The first-order valence-corrected chi connectivity index (χ1v) is 4.92. The fourth-order valence-corrected chi connectivity index (χ4v) is 1.70. The lowest BCUT2D eigenvalue weighted by atomic mass is 10.4. The summed E-state index contributed by atoms with van der Waals surface area (Å²) < 4.78 is 15.3. The molecular weight excluding hydrogens is 191 g/mol. The molecule has 0 amide bonds. The molecule has 1 unspecified atom stereocenters. The number of rotatable bonds is 4. The predicted molar refractivity (Wildman–Crippen MR) is 47.4 cm³/mol. The largest absolute Gasteiger partial charge is 1.00 e. The van der Waals surface area contributed by atoms with Crippen LogP contribution in [-0.2, 0) is 0 Å². The van der Waals surface area contributed by atoms with Crippen molar-refractivity contribution in [2.75, 3.05) is 26.2 Å². The number of nitrogens with one attached hydrogen (secondary N) is 1. The molecule has 0 aliphatic carbocycles. The summed E-state index contributed by atoms with van der Waals surface area (Å²) >= 11 is 0. The van der Waals surface area contributed by atoms with Crippen molar-refractivity contribution in [3.63, 3.8) is 0 Å². The topological polar surface area (TPSA) is 7.45 Å². The first kappa shape index (κ1) is 12.8. The van der Waals surface area contributed by atoms with Gasteiger partial charge in [0, 0.05) is 6.42 Å². The molecule has 0 spiro atoms. The van der Waals surface area contributed by atoms with Gasteiger partial charge < -0.3 is 12.4 Å². The van der Waals surface area contributed by atoms with Gasteiger partial charge in [0.05, 0.1) is 6.54 Å². The van der Waals surface area contributed by atoms with E-state index in [1.165, 1.54) is 0 Å². The minimum Gasteiger partial charge on any atom is -1.00 e. The van der Waals surface area contributed by atoms with E-state index in [9.17, 15) is 4.39 Å². The Morgan fingerprint density at radius 1 is 1.38 bits per heavy atom. The molecule has 1 aliphatic rings.